The van der Waals surface area contributed by atoms with Crippen molar-refractivity contribution in [2.75, 3.05) is 50.4 Å². The summed E-state index contributed by atoms with van der Waals surface area (Å²) in [7, 11) is 1.89. The summed E-state index contributed by atoms with van der Waals surface area (Å²) >= 11 is 0. The van der Waals surface area contributed by atoms with Crippen molar-refractivity contribution in [3.63, 3.8) is 0 Å². The van der Waals surface area contributed by atoms with Gasteiger partial charge in [-0.2, -0.15) is 0 Å². The third-order valence-electron chi connectivity index (χ3n) is 11.3. The van der Waals surface area contributed by atoms with E-state index >= 15 is 0 Å². The molecule has 11 heteroatoms. The van der Waals surface area contributed by atoms with E-state index in [2.05, 4.69) is 26.3 Å². The van der Waals surface area contributed by atoms with E-state index in [1.807, 2.05) is 73.5 Å². The quantitative estimate of drug-likeness (QED) is 0.259. The Bertz CT molecular complexity index is 1800. The number of fused-ring (bicyclic) bond motifs is 3. The molecule has 4 amide bonds. The van der Waals surface area contributed by atoms with Crippen LogP contribution in [0.1, 0.15) is 60.4 Å². The van der Waals surface area contributed by atoms with Gasteiger partial charge < -0.3 is 31.1 Å². The monoisotopic (exact) mass is 677 g/mol. The van der Waals surface area contributed by atoms with E-state index in [1.54, 1.807) is 11.1 Å². The molecule has 0 saturated carbocycles. The zero-order valence-corrected chi connectivity index (χ0v) is 29.0. The van der Waals surface area contributed by atoms with Crippen LogP contribution in [0.5, 0.6) is 0 Å². The first-order valence-electron chi connectivity index (χ1n) is 17.9. The number of piperidine rings is 1. The second kappa shape index (κ2) is 14.0. The number of anilines is 2. The van der Waals surface area contributed by atoms with E-state index in [4.69, 9.17) is 0 Å². The van der Waals surface area contributed by atoms with E-state index in [9.17, 15) is 19.2 Å². The second-order valence-electron chi connectivity index (χ2n) is 14.8. The summed E-state index contributed by atoms with van der Waals surface area (Å²) in [6.07, 6.45) is 5.46. The lowest BCUT2D eigenvalue weighted by Crippen LogP contribution is -2.51. The minimum atomic E-state index is -0.696. The third-order valence-corrected chi connectivity index (χ3v) is 11.3. The first kappa shape index (κ1) is 33.9. The highest BCUT2D eigenvalue weighted by atomic mass is 16.2. The Hall–Kier alpha value is -4.61. The average Bonchev–Trinajstić information content (AvgIpc) is 3.83. The molecule has 0 unspecified atom stereocenters. The van der Waals surface area contributed by atoms with Gasteiger partial charge in [0.1, 0.15) is 12.4 Å². The first-order valence-corrected chi connectivity index (χ1v) is 17.9. The van der Waals surface area contributed by atoms with Gasteiger partial charge in [-0.3, -0.25) is 19.2 Å². The van der Waals surface area contributed by atoms with E-state index < -0.39 is 10.8 Å². The van der Waals surface area contributed by atoms with E-state index in [1.165, 1.54) is 0 Å². The highest BCUT2D eigenvalue weighted by Crippen LogP contribution is 2.47. The van der Waals surface area contributed by atoms with E-state index in [0.717, 1.165) is 47.3 Å². The molecule has 7 rings (SSSR count). The molecule has 1 aromatic heterocycles. The summed E-state index contributed by atoms with van der Waals surface area (Å²) < 4.78 is 0. The number of benzene rings is 2. The Balaban J connectivity index is 1.05. The summed E-state index contributed by atoms with van der Waals surface area (Å²) in [5, 5.41) is 12.5. The van der Waals surface area contributed by atoms with Crippen molar-refractivity contribution in [1.29, 1.82) is 0 Å². The van der Waals surface area contributed by atoms with Crippen LogP contribution in [0.3, 0.4) is 0 Å². The number of hydrogen-bond acceptors (Lipinski definition) is 7. The fourth-order valence-electron chi connectivity index (χ4n) is 8.31. The van der Waals surface area contributed by atoms with Crippen LogP contribution in [0.4, 0.5) is 11.5 Å². The average molecular weight is 678 g/mol. The van der Waals surface area contributed by atoms with Gasteiger partial charge in [-0.15, -0.1) is 0 Å². The van der Waals surface area contributed by atoms with Crippen LogP contribution < -0.4 is 21.3 Å². The summed E-state index contributed by atoms with van der Waals surface area (Å²) in [4.78, 5) is 62.4. The van der Waals surface area contributed by atoms with Crippen LogP contribution in [0.25, 0.3) is 0 Å². The van der Waals surface area contributed by atoms with Gasteiger partial charge >= 0.3 is 0 Å². The van der Waals surface area contributed by atoms with Crippen molar-refractivity contribution in [2.24, 2.45) is 11.3 Å². The Morgan fingerprint density at radius 3 is 2.56 bits per heavy atom. The van der Waals surface area contributed by atoms with Crippen molar-refractivity contribution in [1.82, 2.24) is 25.4 Å². The van der Waals surface area contributed by atoms with Gasteiger partial charge in [-0.25, -0.2) is 4.98 Å². The number of rotatable bonds is 10. The molecule has 262 valence electrons. The summed E-state index contributed by atoms with van der Waals surface area (Å²) in [6, 6.07) is 17.6. The summed E-state index contributed by atoms with van der Waals surface area (Å²) in [5.74, 6) is 0.760. The summed E-state index contributed by atoms with van der Waals surface area (Å²) in [5.41, 5.74) is 4.30. The molecule has 0 bridgehead atoms. The Kier molecular flexibility index (Phi) is 9.45. The van der Waals surface area contributed by atoms with Gasteiger partial charge in [0.15, 0.2) is 0 Å². The van der Waals surface area contributed by atoms with Crippen LogP contribution in [0.15, 0.2) is 60.8 Å². The normalized spacial score (nSPS) is 21.8. The molecule has 0 radical (unpaired) electrons. The molecule has 3 aliphatic heterocycles. The van der Waals surface area contributed by atoms with Crippen LogP contribution in [-0.2, 0) is 50.5 Å². The number of carbonyl (C=O) groups is 4. The number of likely N-dealkylation sites (tertiary alicyclic amines) is 1. The van der Waals surface area contributed by atoms with Crippen LogP contribution >= 0.6 is 0 Å². The molecule has 1 spiro atoms. The minimum Gasteiger partial charge on any atom is -0.343 e. The third kappa shape index (κ3) is 6.64. The molecular formula is C39H47N7O4. The van der Waals surface area contributed by atoms with Gasteiger partial charge in [0.25, 0.3) is 0 Å². The molecule has 2 saturated heterocycles. The lowest BCUT2D eigenvalue weighted by Gasteiger charge is -2.41. The largest absolute Gasteiger partial charge is 0.343 e. The van der Waals surface area contributed by atoms with Crippen molar-refractivity contribution >= 4 is 35.1 Å². The predicted octanol–water partition coefficient (Wildman–Crippen LogP) is 3.39. The maximum Gasteiger partial charge on any atom is 0.244 e. The smallest absolute Gasteiger partial charge is 0.244 e. The fraction of sp³-hybridized carbons (Fsp3) is 0.462. The number of aromatic nitrogens is 1. The molecule has 11 nitrogen and oxygen atoms in total. The van der Waals surface area contributed by atoms with Crippen LogP contribution in [0.2, 0.25) is 0 Å². The molecule has 2 fully saturated rings. The molecule has 2 atom stereocenters. The zero-order chi connectivity index (χ0) is 34.9. The molecular weight excluding hydrogens is 630 g/mol. The zero-order valence-electron chi connectivity index (χ0n) is 29.0. The van der Waals surface area contributed by atoms with Crippen LogP contribution in [0, 0.1) is 11.3 Å². The topological polar surface area (TPSA) is 136 Å². The lowest BCUT2D eigenvalue weighted by molar-refractivity contribution is -0.149. The second-order valence-corrected chi connectivity index (χ2v) is 14.8. The maximum absolute atomic E-state index is 14.4. The molecule has 4 N–H and O–H groups in total. The number of carbonyl (C=O) groups excluding carboxylic acids is 4. The van der Waals surface area contributed by atoms with Crippen molar-refractivity contribution < 1.29 is 19.2 Å². The SMILES string of the molecule is CNCc1ccccc1CN(CC(=O)Nc1ccc2c(c1)C[C@@]1(C2)C(=O)Nc2ncccc21)C(=O)C1(C)CCN(C(=O)C[C@@H]2CCNC2)CC1. The minimum absolute atomic E-state index is 0.0458. The highest BCUT2D eigenvalue weighted by Gasteiger charge is 2.51. The van der Waals surface area contributed by atoms with Crippen LogP contribution in [-0.4, -0.2) is 78.2 Å². The Labute approximate surface area is 293 Å². The van der Waals surface area contributed by atoms with Crippen molar-refractivity contribution in [3.8, 4) is 0 Å². The number of pyridine rings is 1. The standard InChI is InChI=1S/C39H47N7O4/c1-38(12-16-45(17-13-38)34(48)18-26-11-15-41-22-26)37(50)46(24-29-7-4-3-6-28(29)23-40-2)25-33(47)43-31-10-9-27-20-39(21-30(27)19-31)32-8-5-14-42-35(32)44-36(39)49/h3-10,14,19,26,40-41H,11-13,15-18,20-25H2,1-2H3,(H,43,47)(H,42,44,49)/t26-,39+/m0/s1. The Morgan fingerprint density at radius 1 is 1.02 bits per heavy atom. The number of nitrogens with zero attached hydrogens (tertiary/aromatic N) is 3. The summed E-state index contributed by atoms with van der Waals surface area (Å²) in [6.45, 7) is 5.73. The molecule has 3 aromatic rings. The predicted molar refractivity (Wildman–Crippen MR) is 191 cm³/mol. The van der Waals surface area contributed by atoms with Gasteiger partial charge in [0.2, 0.25) is 23.6 Å². The number of nitrogens with one attached hydrogen (secondary N) is 4. The molecule has 4 aliphatic rings. The molecule has 50 heavy (non-hydrogen) atoms. The maximum atomic E-state index is 14.4. The fourth-order valence-corrected chi connectivity index (χ4v) is 8.31. The lowest BCUT2D eigenvalue weighted by atomic mass is 9.78. The van der Waals surface area contributed by atoms with E-state index in [-0.39, 0.29) is 30.2 Å². The highest BCUT2D eigenvalue weighted by molar-refractivity contribution is 6.06. The first-order chi connectivity index (χ1) is 24.2. The van der Waals surface area contributed by atoms with Gasteiger partial charge in [-0.05, 0) is 98.6 Å². The van der Waals surface area contributed by atoms with Gasteiger partial charge in [0, 0.05) is 55.5 Å². The molecule has 4 heterocycles. The molecule has 1 aliphatic carbocycles. The molecule has 2 aromatic carbocycles. The van der Waals surface area contributed by atoms with E-state index in [0.29, 0.717) is 75.7 Å². The van der Waals surface area contributed by atoms with Crippen molar-refractivity contribution in [3.05, 3.63) is 88.6 Å². The van der Waals surface area contributed by atoms with Gasteiger partial charge in [0.05, 0.1) is 5.41 Å². The number of hydrogen-bond donors (Lipinski definition) is 4. The van der Waals surface area contributed by atoms with Gasteiger partial charge in [-0.1, -0.05) is 43.3 Å². The Morgan fingerprint density at radius 2 is 1.80 bits per heavy atom. The van der Waals surface area contributed by atoms with Crippen molar-refractivity contribution in [2.45, 2.75) is 64.0 Å². The number of amides is 4.